The fourth-order valence-electron chi connectivity index (χ4n) is 3.21. The molecule has 2 aromatic carbocycles. The van der Waals surface area contributed by atoms with Crippen molar-refractivity contribution in [1.29, 1.82) is 0 Å². The highest BCUT2D eigenvalue weighted by Gasteiger charge is 2.40. The Morgan fingerprint density at radius 3 is 2.12 bits per heavy atom. The van der Waals surface area contributed by atoms with Crippen LogP contribution in [0.2, 0.25) is 0 Å². The fourth-order valence-corrected chi connectivity index (χ4v) is 4.72. The van der Waals surface area contributed by atoms with Crippen LogP contribution in [0.1, 0.15) is 13.8 Å². The molecular formula is C21H22F3NO8S. The van der Waals surface area contributed by atoms with Crippen LogP contribution in [0.3, 0.4) is 0 Å². The van der Waals surface area contributed by atoms with E-state index in [1.165, 1.54) is 36.4 Å². The summed E-state index contributed by atoms with van der Waals surface area (Å²) in [5, 5.41) is 11.3. The molecule has 2 atom stereocenters. The van der Waals surface area contributed by atoms with E-state index in [4.69, 9.17) is 19.3 Å². The summed E-state index contributed by atoms with van der Waals surface area (Å²) in [4.78, 5) is 11.1. The summed E-state index contributed by atoms with van der Waals surface area (Å²) in [7, 11) is -3.93. The van der Waals surface area contributed by atoms with Crippen LogP contribution in [0.4, 0.5) is 18.0 Å². The SMILES string of the molecule is CC1(C)OC[C@H](C(CS(=O)(=O)c2ccc(Oc3ccc(OC(F)(F)F)cc3)cc2)NC(=O)O)O1. The standard InChI is InChI=1S/C21H22F3NO8S/c1-20(2)30-11-18(33-20)17(25-19(26)27)12-34(28,29)16-9-7-14(8-10-16)31-13-3-5-15(6-4-13)32-21(22,23)24/h3-10,17-18,25H,11-12H2,1-2H3,(H,26,27)/t17?,18-/m1/s1. The minimum atomic E-state index is -4.81. The van der Waals surface area contributed by atoms with Gasteiger partial charge in [-0.1, -0.05) is 0 Å². The first-order valence-electron chi connectivity index (χ1n) is 9.90. The van der Waals surface area contributed by atoms with Crippen molar-refractivity contribution in [3.63, 3.8) is 0 Å². The largest absolute Gasteiger partial charge is 0.573 e. The van der Waals surface area contributed by atoms with Gasteiger partial charge in [0.25, 0.3) is 0 Å². The molecule has 13 heteroatoms. The quantitative estimate of drug-likeness (QED) is 0.554. The molecule has 1 amide bonds. The Bertz CT molecular complexity index is 1100. The van der Waals surface area contributed by atoms with Crippen molar-refractivity contribution in [3.8, 4) is 17.2 Å². The summed E-state index contributed by atoms with van der Waals surface area (Å²) < 4.78 is 82.8. The van der Waals surface area contributed by atoms with E-state index in [1.54, 1.807) is 13.8 Å². The van der Waals surface area contributed by atoms with E-state index in [9.17, 15) is 26.4 Å². The Hall–Kier alpha value is -3.03. The van der Waals surface area contributed by atoms with Gasteiger partial charge in [-0.3, -0.25) is 0 Å². The number of sulfone groups is 1. The molecule has 9 nitrogen and oxygen atoms in total. The van der Waals surface area contributed by atoms with Gasteiger partial charge >= 0.3 is 12.5 Å². The Kier molecular flexibility index (Phi) is 7.29. The van der Waals surface area contributed by atoms with Crippen molar-refractivity contribution in [2.45, 2.75) is 43.0 Å². The molecule has 3 rings (SSSR count). The third-order valence-electron chi connectivity index (χ3n) is 4.66. The maximum Gasteiger partial charge on any atom is 0.573 e. The van der Waals surface area contributed by atoms with Gasteiger partial charge in [0, 0.05) is 0 Å². The number of rotatable bonds is 8. The highest BCUT2D eigenvalue weighted by molar-refractivity contribution is 7.91. The molecule has 2 aromatic rings. The molecule has 1 heterocycles. The molecule has 0 radical (unpaired) electrons. The van der Waals surface area contributed by atoms with E-state index < -0.39 is 51.7 Å². The van der Waals surface area contributed by atoms with Crippen LogP contribution in [0, 0.1) is 0 Å². The maximum absolute atomic E-state index is 12.9. The number of amides is 1. The Labute approximate surface area is 193 Å². The van der Waals surface area contributed by atoms with Crippen molar-refractivity contribution in [3.05, 3.63) is 48.5 Å². The zero-order chi connectivity index (χ0) is 25.1. The van der Waals surface area contributed by atoms with Crippen molar-refractivity contribution in [2.24, 2.45) is 0 Å². The Balaban J connectivity index is 1.68. The molecule has 0 aliphatic carbocycles. The smallest absolute Gasteiger partial charge is 0.465 e. The lowest BCUT2D eigenvalue weighted by molar-refractivity contribution is -0.274. The van der Waals surface area contributed by atoms with E-state index in [1.807, 2.05) is 0 Å². The lowest BCUT2D eigenvalue weighted by Gasteiger charge is -2.24. The summed E-state index contributed by atoms with van der Waals surface area (Å²) in [5.74, 6) is -1.51. The van der Waals surface area contributed by atoms with E-state index in [0.29, 0.717) is 0 Å². The number of hydrogen-bond acceptors (Lipinski definition) is 7. The monoisotopic (exact) mass is 505 g/mol. The Morgan fingerprint density at radius 1 is 1.12 bits per heavy atom. The van der Waals surface area contributed by atoms with Crippen LogP contribution in [-0.4, -0.2) is 56.3 Å². The Morgan fingerprint density at radius 2 is 1.65 bits per heavy atom. The third kappa shape index (κ3) is 7.23. The van der Waals surface area contributed by atoms with Gasteiger partial charge in [0.15, 0.2) is 15.6 Å². The lowest BCUT2D eigenvalue weighted by atomic mass is 10.2. The summed E-state index contributed by atoms with van der Waals surface area (Å²) in [6.07, 6.45) is -7.01. The molecule has 2 N–H and O–H groups in total. The summed E-state index contributed by atoms with van der Waals surface area (Å²) in [5.41, 5.74) is 0. The van der Waals surface area contributed by atoms with E-state index in [0.717, 1.165) is 12.1 Å². The summed E-state index contributed by atoms with van der Waals surface area (Å²) >= 11 is 0. The second-order valence-corrected chi connectivity index (χ2v) is 9.83. The molecule has 0 spiro atoms. The van der Waals surface area contributed by atoms with Gasteiger partial charge in [0.2, 0.25) is 0 Å². The van der Waals surface area contributed by atoms with E-state index >= 15 is 0 Å². The lowest BCUT2D eigenvalue weighted by Crippen LogP contribution is -2.48. The van der Waals surface area contributed by atoms with Gasteiger partial charge in [-0.2, -0.15) is 0 Å². The topological polar surface area (TPSA) is 120 Å². The minimum absolute atomic E-state index is 0.0209. The first kappa shape index (κ1) is 25.6. The highest BCUT2D eigenvalue weighted by Crippen LogP contribution is 2.29. The van der Waals surface area contributed by atoms with Gasteiger partial charge in [-0.25, -0.2) is 13.2 Å². The zero-order valence-electron chi connectivity index (χ0n) is 18.0. The van der Waals surface area contributed by atoms with E-state index in [2.05, 4.69) is 10.1 Å². The number of hydrogen-bond donors (Lipinski definition) is 2. The van der Waals surface area contributed by atoms with Gasteiger partial charge in [0.05, 0.1) is 23.3 Å². The van der Waals surface area contributed by atoms with Crippen molar-refractivity contribution >= 4 is 15.9 Å². The number of alkyl halides is 3. The number of halogens is 3. The molecule has 34 heavy (non-hydrogen) atoms. The normalized spacial score (nSPS) is 18.8. The van der Waals surface area contributed by atoms with Gasteiger partial charge in [0.1, 0.15) is 23.4 Å². The third-order valence-corrected chi connectivity index (χ3v) is 6.45. The molecule has 1 saturated heterocycles. The molecule has 1 aliphatic rings. The average molecular weight is 505 g/mol. The fraction of sp³-hybridized carbons (Fsp3) is 0.381. The number of nitrogens with one attached hydrogen (secondary N) is 1. The zero-order valence-corrected chi connectivity index (χ0v) is 18.9. The van der Waals surface area contributed by atoms with Crippen molar-refractivity contribution in [1.82, 2.24) is 5.32 Å². The van der Waals surface area contributed by atoms with Crippen LogP contribution >= 0.6 is 0 Å². The van der Waals surface area contributed by atoms with Crippen LogP contribution in [-0.2, 0) is 19.3 Å². The molecular weight excluding hydrogens is 483 g/mol. The minimum Gasteiger partial charge on any atom is -0.465 e. The second kappa shape index (κ2) is 9.68. The number of benzene rings is 2. The summed E-state index contributed by atoms with van der Waals surface area (Å²) in [6, 6.07) is 8.89. The number of ether oxygens (including phenoxy) is 4. The molecule has 186 valence electrons. The van der Waals surface area contributed by atoms with Crippen LogP contribution in [0.15, 0.2) is 53.4 Å². The van der Waals surface area contributed by atoms with E-state index in [-0.39, 0.29) is 23.0 Å². The molecule has 1 aliphatic heterocycles. The van der Waals surface area contributed by atoms with Gasteiger partial charge in [-0.05, 0) is 62.4 Å². The molecule has 0 saturated carbocycles. The number of carbonyl (C=O) groups is 1. The first-order chi connectivity index (χ1) is 15.7. The van der Waals surface area contributed by atoms with Crippen molar-refractivity contribution in [2.75, 3.05) is 12.4 Å². The average Bonchev–Trinajstić information content (AvgIpc) is 3.08. The predicted octanol–water partition coefficient (Wildman–Crippen LogP) is 3.94. The van der Waals surface area contributed by atoms with Crippen LogP contribution in [0.5, 0.6) is 17.2 Å². The summed E-state index contributed by atoms with van der Waals surface area (Å²) in [6.45, 7) is 3.29. The first-order valence-corrected chi connectivity index (χ1v) is 11.6. The number of carboxylic acid groups (broad SMARTS) is 1. The second-order valence-electron chi connectivity index (χ2n) is 7.80. The molecule has 1 unspecified atom stereocenters. The van der Waals surface area contributed by atoms with Gasteiger partial charge in [-0.15, -0.1) is 13.2 Å². The van der Waals surface area contributed by atoms with Crippen molar-refractivity contribution < 1.29 is 50.4 Å². The van der Waals surface area contributed by atoms with Crippen LogP contribution in [0.25, 0.3) is 0 Å². The molecule has 1 fully saturated rings. The molecule has 0 bridgehead atoms. The van der Waals surface area contributed by atoms with Gasteiger partial charge < -0.3 is 29.4 Å². The molecule has 0 aromatic heterocycles. The predicted molar refractivity (Wildman–Crippen MR) is 112 cm³/mol. The highest BCUT2D eigenvalue weighted by atomic mass is 32.2. The van der Waals surface area contributed by atoms with Crippen LogP contribution < -0.4 is 14.8 Å². The maximum atomic E-state index is 12.9.